The predicted molar refractivity (Wildman–Crippen MR) is 73.6 cm³/mol. The van der Waals surface area contributed by atoms with Gasteiger partial charge in [0, 0.05) is 31.2 Å². The molecule has 1 aromatic rings. The van der Waals surface area contributed by atoms with Crippen LogP contribution < -0.4 is 10.2 Å². The first-order valence-electron chi connectivity index (χ1n) is 7.04. The van der Waals surface area contributed by atoms with Crippen molar-refractivity contribution in [3.05, 3.63) is 29.6 Å². The number of fused-ring (bicyclic) bond motifs is 1. The minimum absolute atomic E-state index is 0.166. The van der Waals surface area contributed by atoms with Crippen molar-refractivity contribution in [3.63, 3.8) is 0 Å². The van der Waals surface area contributed by atoms with Gasteiger partial charge in [0.15, 0.2) is 0 Å². The van der Waals surface area contributed by atoms with Crippen LogP contribution >= 0.6 is 0 Å². The summed E-state index contributed by atoms with van der Waals surface area (Å²) >= 11 is 0. The topological polar surface area (TPSA) is 35.5 Å². The number of aliphatic hydroxyl groups excluding tert-OH is 1. The predicted octanol–water partition coefficient (Wildman–Crippen LogP) is 1.75. The summed E-state index contributed by atoms with van der Waals surface area (Å²) in [6, 6.07) is 5.23. The van der Waals surface area contributed by atoms with E-state index in [0.29, 0.717) is 18.4 Å². The van der Waals surface area contributed by atoms with E-state index in [-0.39, 0.29) is 11.9 Å². The van der Waals surface area contributed by atoms with Crippen molar-refractivity contribution in [2.24, 2.45) is 11.8 Å². The van der Waals surface area contributed by atoms with Crippen LogP contribution in [0.25, 0.3) is 0 Å². The number of rotatable bonds is 3. The highest BCUT2D eigenvalue weighted by Crippen LogP contribution is 2.40. The molecule has 0 spiro atoms. The second-order valence-corrected chi connectivity index (χ2v) is 5.82. The first-order chi connectivity index (χ1) is 9.17. The van der Waals surface area contributed by atoms with Crippen LogP contribution in [0.5, 0.6) is 0 Å². The van der Waals surface area contributed by atoms with E-state index in [1.807, 2.05) is 13.1 Å². The lowest BCUT2D eigenvalue weighted by Crippen LogP contribution is -2.24. The van der Waals surface area contributed by atoms with Gasteiger partial charge in [0.2, 0.25) is 0 Å². The molecule has 0 bridgehead atoms. The maximum Gasteiger partial charge on any atom is 0.125 e. The van der Waals surface area contributed by atoms with Gasteiger partial charge in [-0.25, -0.2) is 4.39 Å². The molecule has 3 unspecified atom stereocenters. The van der Waals surface area contributed by atoms with E-state index in [1.165, 1.54) is 0 Å². The fraction of sp³-hybridized carbons (Fsp3) is 0.600. The van der Waals surface area contributed by atoms with E-state index < -0.39 is 0 Å². The molecule has 104 valence electrons. The fourth-order valence-electron chi connectivity index (χ4n) is 3.57. The Kier molecular flexibility index (Phi) is 3.46. The Bertz CT molecular complexity index is 465. The molecule has 2 aliphatic rings. The zero-order valence-corrected chi connectivity index (χ0v) is 11.3. The second kappa shape index (κ2) is 5.10. The lowest BCUT2D eigenvalue weighted by Gasteiger charge is -2.21. The number of aliphatic hydroxyl groups is 1. The molecule has 2 fully saturated rings. The Morgan fingerprint density at radius 1 is 1.32 bits per heavy atom. The van der Waals surface area contributed by atoms with Crippen LogP contribution in [0.4, 0.5) is 10.1 Å². The summed E-state index contributed by atoms with van der Waals surface area (Å²) in [5.41, 5.74) is 1.92. The number of halogens is 1. The van der Waals surface area contributed by atoms with Crippen LogP contribution in [-0.2, 0) is 6.54 Å². The quantitative estimate of drug-likeness (QED) is 0.873. The van der Waals surface area contributed by atoms with Gasteiger partial charge in [0.25, 0.3) is 0 Å². The zero-order chi connectivity index (χ0) is 13.4. The third kappa shape index (κ3) is 2.47. The highest BCUT2D eigenvalue weighted by Gasteiger charge is 2.41. The number of benzene rings is 1. The monoisotopic (exact) mass is 264 g/mol. The molecule has 0 aromatic heterocycles. The van der Waals surface area contributed by atoms with Crippen molar-refractivity contribution >= 4 is 5.69 Å². The molecule has 1 aliphatic heterocycles. The van der Waals surface area contributed by atoms with Crippen LogP contribution in [0, 0.1) is 17.7 Å². The summed E-state index contributed by atoms with van der Waals surface area (Å²) in [6.07, 6.45) is 1.86. The van der Waals surface area contributed by atoms with Gasteiger partial charge in [-0.2, -0.15) is 0 Å². The standard InChI is InChI=1S/C15H21FN2O/c1-17-7-10-4-12(16)6-13(5-10)18-8-11-2-3-15(19)14(11)9-18/h4-6,11,14-15,17,19H,2-3,7-9H2,1H3. The minimum Gasteiger partial charge on any atom is -0.393 e. The zero-order valence-electron chi connectivity index (χ0n) is 11.3. The molecular formula is C15H21FN2O. The molecule has 1 aliphatic carbocycles. The maximum atomic E-state index is 13.7. The van der Waals surface area contributed by atoms with E-state index in [2.05, 4.69) is 10.2 Å². The number of hydrogen-bond donors (Lipinski definition) is 2. The van der Waals surface area contributed by atoms with Crippen molar-refractivity contribution in [3.8, 4) is 0 Å². The van der Waals surface area contributed by atoms with Crippen molar-refractivity contribution in [1.82, 2.24) is 5.32 Å². The van der Waals surface area contributed by atoms with Gasteiger partial charge in [0.1, 0.15) is 5.82 Å². The van der Waals surface area contributed by atoms with Gasteiger partial charge in [-0.1, -0.05) is 0 Å². The molecule has 0 amide bonds. The summed E-state index contributed by atoms with van der Waals surface area (Å²) in [5, 5.41) is 13.0. The molecule has 0 radical (unpaired) electrons. The molecule has 1 aromatic carbocycles. The van der Waals surface area contributed by atoms with Crippen LogP contribution in [0.15, 0.2) is 18.2 Å². The summed E-state index contributed by atoms with van der Waals surface area (Å²) in [4.78, 5) is 2.22. The van der Waals surface area contributed by atoms with Crippen molar-refractivity contribution < 1.29 is 9.50 Å². The first-order valence-corrected chi connectivity index (χ1v) is 7.04. The molecule has 1 saturated carbocycles. The van der Waals surface area contributed by atoms with Gasteiger partial charge in [-0.3, -0.25) is 0 Å². The van der Waals surface area contributed by atoms with E-state index in [9.17, 15) is 9.50 Å². The van der Waals surface area contributed by atoms with Gasteiger partial charge < -0.3 is 15.3 Å². The largest absolute Gasteiger partial charge is 0.393 e. The van der Waals surface area contributed by atoms with E-state index in [0.717, 1.165) is 37.2 Å². The number of nitrogens with one attached hydrogen (secondary N) is 1. The minimum atomic E-state index is -0.180. The number of nitrogens with zero attached hydrogens (tertiary/aromatic N) is 1. The molecule has 2 N–H and O–H groups in total. The van der Waals surface area contributed by atoms with Crippen LogP contribution in [-0.4, -0.2) is 31.3 Å². The number of hydrogen-bond acceptors (Lipinski definition) is 3. The molecular weight excluding hydrogens is 243 g/mol. The van der Waals surface area contributed by atoms with Crippen molar-refractivity contribution in [1.29, 1.82) is 0 Å². The molecule has 19 heavy (non-hydrogen) atoms. The highest BCUT2D eigenvalue weighted by atomic mass is 19.1. The third-order valence-electron chi connectivity index (χ3n) is 4.51. The molecule has 3 nitrogen and oxygen atoms in total. The smallest absolute Gasteiger partial charge is 0.125 e. The van der Waals surface area contributed by atoms with Gasteiger partial charge in [-0.05, 0) is 49.6 Å². The molecule has 4 heteroatoms. The summed E-state index contributed by atoms with van der Waals surface area (Å²) in [5.74, 6) is 0.766. The Morgan fingerprint density at radius 2 is 2.16 bits per heavy atom. The average molecular weight is 264 g/mol. The normalized spacial score (nSPS) is 29.8. The van der Waals surface area contributed by atoms with E-state index in [1.54, 1.807) is 12.1 Å². The maximum absolute atomic E-state index is 13.7. The highest BCUT2D eigenvalue weighted by molar-refractivity contribution is 5.50. The van der Waals surface area contributed by atoms with E-state index in [4.69, 9.17) is 0 Å². The van der Waals surface area contributed by atoms with Crippen molar-refractivity contribution in [2.45, 2.75) is 25.5 Å². The fourth-order valence-corrected chi connectivity index (χ4v) is 3.57. The lowest BCUT2D eigenvalue weighted by molar-refractivity contribution is 0.133. The van der Waals surface area contributed by atoms with Crippen LogP contribution in [0.2, 0.25) is 0 Å². The average Bonchev–Trinajstić information content (AvgIpc) is 2.92. The second-order valence-electron chi connectivity index (χ2n) is 5.82. The first kappa shape index (κ1) is 12.9. The Morgan fingerprint density at radius 3 is 2.89 bits per heavy atom. The van der Waals surface area contributed by atoms with Gasteiger partial charge >= 0.3 is 0 Å². The third-order valence-corrected chi connectivity index (χ3v) is 4.51. The molecule has 3 atom stereocenters. The lowest BCUT2D eigenvalue weighted by atomic mass is 10.00. The Labute approximate surface area is 113 Å². The number of anilines is 1. The van der Waals surface area contributed by atoms with Crippen LogP contribution in [0.3, 0.4) is 0 Å². The van der Waals surface area contributed by atoms with E-state index >= 15 is 0 Å². The van der Waals surface area contributed by atoms with Crippen molar-refractivity contribution in [2.75, 3.05) is 25.0 Å². The molecule has 1 saturated heterocycles. The Hall–Kier alpha value is -1.13. The summed E-state index contributed by atoms with van der Waals surface area (Å²) < 4.78 is 13.7. The molecule has 1 heterocycles. The Balaban J connectivity index is 1.79. The summed E-state index contributed by atoms with van der Waals surface area (Å²) in [7, 11) is 1.86. The van der Waals surface area contributed by atoms with Gasteiger partial charge in [-0.15, -0.1) is 0 Å². The molecule has 3 rings (SSSR count). The summed E-state index contributed by atoms with van der Waals surface area (Å²) in [6.45, 7) is 2.48. The van der Waals surface area contributed by atoms with Gasteiger partial charge in [0.05, 0.1) is 6.10 Å². The van der Waals surface area contributed by atoms with Crippen LogP contribution in [0.1, 0.15) is 18.4 Å². The SMILES string of the molecule is CNCc1cc(F)cc(N2CC3CCC(O)C3C2)c1.